The lowest BCUT2D eigenvalue weighted by molar-refractivity contribution is -0.118. The zero-order valence-corrected chi connectivity index (χ0v) is 11.9. The topological polar surface area (TPSA) is 87.7 Å². The summed E-state index contributed by atoms with van der Waals surface area (Å²) in [5, 5.41) is 14.2. The molecule has 4 N–H and O–H groups in total. The van der Waals surface area contributed by atoms with Gasteiger partial charge in [-0.05, 0) is 31.0 Å². The molecule has 98 valence electrons. The minimum absolute atomic E-state index is 0.0822. The Kier molecular flexibility index (Phi) is 5.15. The van der Waals surface area contributed by atoms with Crippen molar-refractivity contribution < 1.29 is 10.0 Å². The van der Waals surface area contributed by atoms with Gasteiger partial charge >= 0.3 is 0 Å². The molecule has 1 aromatic rings. The van der Waals surface area contributed by atoms with Crippen molar-refractivity contribution in [1.82, 2.24) is 0 Å². The molecule has 0 aromatic heterocycles. The number of anilines is 1. The van der Waals surface area contributed by atoms with Crippen molar-refractivity contribution >= 4 is 33.4 Å². The minimum Gasteiger partial charge on any atom is -0.409 e. The molecule has 0 saturated heterocycles. The maximum atomic E-state index is 11.9. The van der Waals surface area contributed by atoms with Gasteiger partial charge in [-0.1, -0.05) is 34.1 Å². The summed E-state index contributed by atoms with van der Waals surface area (Å²) >= 11 is 3.39. The van der Waals surface area contributed by atoms with Crippen LogP contribution in [0.3, 0.4) is 0 Å². The number of nitrogens with one attached hydrogen (secondary N) is 1. The molecule has 0 aliphatic heterocycles. The van der Waals surface area contributed by atoms with E-state index in [-0.39, 0.29) is 11.7 Å². The largest absolute Gasteiger partial charge is 0.409 e. The average molecular weight is 314 g/mol. The van der Waals surface area contributed by atoms with Gasteiger partial charge in [-0.15, -0.1) is 0 Å². The summed E-state index contributed by atoms with van der Waals surface area (Å²) in [5.74, 6) is -1.00. The summed E-state index contributed by atoms with van der Waals surface area (Å²) in [4.78, 5) is 11.9. The SMILES string of the molecule is CCC(C(=O)Nc1ccc(C)c(Br)c1)C(N)=NO. The number of rotatable bonds is 4. The van der Waals surface area contributed by atoms with E-state index in [2.05, 4.69) is 26.4 Å². The van der Waals surface area contributed by atoms with Gasteiger partial charge in [0.1, 0.15) is 0 Å². The van der Waals surface area contributed by atoms with Crippen LogP contribution in [0.5, 0.6) is 0 Å². The molecule has 0 saturated carbocycles. The third-order valence-electron chi connectivity index (χ3n) is 2.64. The lowest BCUT2D eigenvalue weighted by atomic mass is 10.0. The number of carbonyl (C=O) groups excluding carboxylic acids is 1. The standard InChI is InChI=1S/C12H16BrN3O2/c1-3-9(11(14)16-18)12(17)15-8-5-4-7(2)10(13)6-8/h4-6,9,18H,3H2,1-2H3,(H2,14,16)(H,15,17). The van der Waals surface area contributed by atoms with Gasteiger partial charge in [0, 0.05) is 10.2 Å². The zero-order valence-electron chi connectivity index (χ0n) is 10.3. The van der Waals surface area contributed by atoms with Crippen LogP contribution in [0.1, 0.15) is 18.9 Å². The molecular formula is C12H16BrN3O2. The van der Waals surface area contributed by atoms with Crippen LogP contribution in [0, 0.1) is 12.8 Å². The first-order valence-electron chi connectivity index (χ1n) is 5.54. The predicted octanol–water partition coefficient (Wildman–Crippen LogP) is 2.47. The smallest absolute Gasteiger partial charge is 0.235 e. The van der Waals surface area contributed by atoms with Crippen molar-refractivity contribution in [2.24, 2.45) is 16.8 Å². The van der Waals surface area contributed by atoms with Crippen LogP contribution >= 0.6 is 15.9 Å². The Bertz CT molecular complexity index is 474. The maximum absolute atomic E-state index is 11.9. The number of hydrogen-bond donors (Lipinski definition) is 3. The Labute approximate surface area is 114 Å². The molecule has 1 amide bonds. The molecule has 0 radical (unpaired) electrons. The van der Waals surface area contributed by atoms with Crippen molar-refractivity contribution in [2.45, 2.75) is 20.3 Å². The molecule has 1 aromatic carbocycles. The van der Waals surface area contributed by atoms with Crippen LogP contribution in [0.2, 0.25) is 0 Å². The normalized spacial score (nSPS) is 13.2. The molecule has 0 fully saturated rings. The lowest BCUT2D eigenvalue weighted by Crippen LogP contribution is -2.34. The predicted molar refractivity (Wildman–Crippen MR) is 74.7 cm³/mol. The number of carbonyl (C=O) groups is 1. The van der Waals surface area contributed by atoms with Crippen LogP contribution in [-0.2, 0) is 4.79 Å². The van der Waals surface area contributed by atoms with Crippen LogP contribution < -0.4 is 11.1 Å². The van der Waals surface area contributed by atoms with Gasteiger partial charge in [0.2, 0.25) is 5.91 Å². The quantitative estimate of drug-likeness (QED) is 0.345. The van der Waals surface area contributed by atoms with E-state index in [1.54, 1.807) is 13.0 Å². The average Bonchev–Trinajstić information content (AvgIpc) is 2.34. The van der Waals surface area contributed by atoms with Crippen molar-refractivity contribution in [3.8, 4) is 0 Å². The summed E-state index contributed by atoms with van der Waals surface area (Å²) in [5.41, 5.74) is 7.21. The summed E-state index contributed by atoms with van der Waals surface area (Å²) in [7, 11) is 0. The van der Waals surface area contributed by atoms with Crippen molar-refractivity contribution in [3.05, 3.63) is 28.2 Å². The highest BCUT2D eigenvalue weighted by Crippen LogP contribution is 2.21. The van der Waals surface area contributed by atoms with E-state index >= 15 is 0 Å². The molecule has 0 aliphatic carbocycles. The first-order chi connectivity index (χ1) is 8.49. The molecule has 18 heavy (non-hydrogen) atoms. The van der Waals surface area contributed by atoms with Gasteiger partial charge in [-0.25, -0.2) is 0 Å². The summed E-state index contributed by atoms with van der Waals surface area (Å²) in [6, 6.07) is 5.51. The maximum Gasteiger partial charge on any atom is 0.235 e. The van der Waals surface area contributed by atoms with E-state index in [1.807, 2.05) is 19.1 Å². The van der Waals surface area contributed by atoms with E-state index in [0.717, 1.165) is 10.0 Å². The van der Waals surface area contributed by atoms with Crippen LogP contribution in [0.4, 0.5) is 5.69 Å². The molecule has 6 heteroatoms. The monoisotopic (exact) mass is 313 g/mol. The number of halogens is 1. The Balaban J connectivity index is 2.83. The molecule has 1 unspecified atom stereocenters. The van der Waals surface area contributed by atoms with Crippen LogP contribution in [-0.4, -0.2) is 17.0 Å². The molecule has 0 spiro atoms. The number of oxime groups is 1. The first-order valence-corrected chi connectivity index (χ1v) is 6.33. The fourth-order valence-corrected chi connectivity index (χ4v) is 1.88. The number of amidine groups is 1. The number of benzene rings is 1. The van der Waals surface area contributed by atoms with Gasteiger partial charge < -0.3 is 16.3 Å². The van der Waals surface area contributed by atoms with Gasteiger partial charge in [0.05, 0.1) is 5.92 Å². The fraction of sp³-hybridized carbons (Fsp3) is 0.333. The number of nitrogens with two attached hydrogens (primary N) is 1. The molecule has 0 heterocycles. The summed E-state index contributed by atoms with van der Waals surface area (Å²) in [6.07, 6.45) is 0.467. The minimum atomic E-state index is -0.630. The number of amides is 1. The fourth-order valence-electron chi connectivity index (χ4n) is 1.50. The van der Waals surface area contributed by atoms with E-state index in [0.29, 0.717) is 12.1 Å². The Hall–Kier alpha value is -1.56. The molecule has 1 atom stereocenters. The highest BCUT2D eigenvalue weighted by molar-refractivity contribution is 9.10. The van der Waals surface area contributed by atoms with Crippen LogP contribution in [0.15, 0.2) is 27.8 Å². The van der Waals surface area contributed by atoms with Crippen molar-refractivity contribution in [1.29, 1.82) is 0 Å². The highest BCUT2D eigenvalue weighted by Gasteiger charge is 2.21. The molecule has 0 aliphatic rings. The summed E-state index contributed by atoms with van der Waals surface area (Å²) in [6.45, 7) is 3.76. The first kappa shape index (κ1) is 14.5. The zero-order chi connectivity index (χ0) is 13.7. The van der Waals surface area contributed by atoms with E-state index in [1.165, 1.54) is 0 Å². The van der Waals surface area contributed by atoms with E-state index in [4.69, 9.17) is 10.9 Å². The lowest BCUT2D eigenvalue weighted by Gasteiger charge is -2.13. The van der Waals surface area contributed by atoms with E-state index in [9.17, 15) is 4.79 Å². The molecule has 0 bridgehead atoms. The third-order valence-corrected chi connectivity index (χ3v) is 3.49. The molecule has 5 nitrogen and oxygen atoms in total. The van der Waals surface area contributed by atoms with Crippen molar-refractivity contribution in [3.63, 3.8) is 0 Å². The van der Waals surface area contributed by atoms with Gasteiger partial charge in [0.15, 0.2) is 5.84 Å². The van der Waals surface area contributed by atoms with Crippen LogP contribution in [0.25, 0.3) is 0 Å². The Morgan fingerprint density at radius 1 is 1.61 bits per heavy atom. The second-order valence-corrected chi connectivity index (χ2v) is 4.79. The van der Waals surface area contributed by atoms with Gasteiger partial charge in [-0.3, -0.25) is 4.79 Å². The Morgan fingerprint density at radius 3 is 2.78 bits per heavy atom. The van der Waals surface area contributed by atoms with Gasteiger partial charge in [0.25, 0.3) is 0 Å². The molecular weight excluding hydrogens is 298 g/mol. The second kappa shape index (κ2) is 6.39. The second-order valence-electron chi connectivity index (χ2n) is 3.94. The van der Waals surface area contributed by atoms with E-state index < -0.39 is 5.92 Å². The Morgan fingerprint density at radius 2 is 2.28 bits per heavy atom. The van der Waals surface area contributed by atoms with Crippen molar-refractivity contribution in [2.75, 3.05) is 5.32 Å². The number of aryl methyl sites for hydroxylation is 1. The number of hydrogen-bond acceptors (Lipinski definition) is 3. The molecule has 1 rings (SSSR count). The summed E-state index contributed by atoms with van der Waals surface area (Å²) < 4.78 is 0.914. The third kappa shape index (κ3) is 3.46. The number of nitrogens with zero attached hydrogens (tertiary/aromatic N) is 1. The highest BCUT2D eigenvalue weighted by atomic mass is 79.9. The van der Waals surface area contributed by atoms with Gasteiger partial charge in [-0.2, -0.15) is 0 Å².